The third kappa shape index (κ3) is 5.98. The molecule has 1 N–H and O–H groups in total. The molecule has 1 amide bonds. The molecule has 0 atom stereocenters. The number of nitrogens with zero attached hydrogens (tertiary/aromatic N) is 2. The van der Waals surface area contributed by atoms with Crippen molar-refractivity contribution in [2.45, 2.75) is 0 Å². The lowest BCUT2D eigenvalue weighted by molar-refractivity contribution is -0.119. The second-order valence-corrected chi connectivity index (χ2v) is 8.88. The maximum Gasteiger partial charge on any atom is 0.260 e. The minimum absolute atomic E-state index is 0.118. The first-order chi connectivity index (χ1) is 12.2. The zero-order valence-corrected chi connectivity index (χ0v) is 17.4. The number of hydrogen-bond donors (Lipinski definition) is 1. The number of nitrogens with one attached hydrogen (secondary N) is 1. The van der Waals surface area contributed by atoms with E-state index in [0.29, 0.717) is 5.02 Å². The van der Waals surface area contributed by atoms with Gasteiger partial charge in [0.1, 0.15) is 6.54 Å². The molecule has 0 aliphatic heterocycles. The van der Waals surface area contributed by atoms with Crippen molar-refractivity contribution in [3.8, 4) is 0 Å². The summed E-state index contributed by atoms with van der Waals surface area (Å²) >= 11 is 15.3. The van der Waals surface area contributed by atoms with Gasteiger partial charge in [-0.1, -0.05) is 51.3 Å². The second-order valence-electron chi connectivity index (χ2n) is 5.21. The summed E-state index contributed by atoms with van der Waals surface area (Å²) in [6.45, 7) is -0.491. The summed E-state index contributed by atoms with van der Waals surface area (Å²) in [4.78, 5) is 12.1. The lowest BCUT2D eigenvalue weighted by Gasteiger charge is -2.22. The van der Waals surface area contributed by atoms with E-state index in [2.05, 4.69) is 26.5 Å². The third-order valence-corrected chi connectivity index (χ3v) is 5.29. The number of sulfonamides is 1. The molecule has 26 heavy (non-hydrogen) atoms. The van der Waals surface area contributed by atoms with E-state index < -0.39 is 22.5 Å². The first-order valence-corrected chi connectivity index (χ1v) is 10.6. The minimum Gasteiger partial charge on any atom is -0.271 e. The first kappa shape index (κ1) is 20.7. The summed E-state index contributed by atoms with van der Waals surface area (Å²) in [5, 5.41) is 4.28. The van der Waals surface area contributed by atoms with Gasteiger partial charge in [0.25, 0.3) is 5.91 Å². The molecule has 6 nitrogen and oxygen atoms in total. The van der Waals surface area contributed by atoms with Gasteiger partial charge in [0, 0.05) is 9.50 Å². The van der Waals surface area contributed by atoms with Gasteiger partial charge in [-0.2, -0.15) is 5.10 Å². The van der Waals surface area contributed by atoms with E-state index in [1.54, 1.807) is 6.07 Å². The molecule has 0 aliphatic rings. The van der Waals surface area contributed by atoms with Gasteiger partial charge in [-0.05, 0) is 35.9 Å². The van der Waals surface area contributed by atoms with Crippen molar-refractivity contribution in [2.75, 3.05) is 17.1 Å². The van der Waals surface area contributed by atoms with Crippen molar-refractivity contribution in [3.05, 3.63) is 62.5 Å². The van der Waals surface area contributed by atoms with Crippen LogP contribution in [-0.2, 0) is 14.8 Å². The number of halogens is 3. The lowest BCUT2D eigenvalue weighted by atomic mass is 10.2. The normalized spacial score (nSPS) is 11.5. The number of benzene rings is 2. The number of hydrogen-bond acceptors (Lipinski definition) is 4. The Kier molecular flexibility index (Phi) is 7.05. The van der Waals surface area contributed by atoms with E-state index in [9.17, 15) is 13.2 Å². The Hall–Kier alpha value is -1.61. The van der Waals surface area contributed by atoms with Crippen molar-refractivity contribution in [1.29, 1.82) is 0 Å². The quantitative estimate of drug-likeness (QED) is 0.508. The second kappa shape index (κ2) is 8.85. The molecule has 2 aromatic rings. The average Bonchev–Trinajstić information content (AvgIpc) is 2.54. The highest BCUT2D eigenvalue weighted by molar-refractivity contribution is 9.10. The molecule has 0 bridgehead atoms. The Bertz CT molecular complexity index is 952. The van der Waals surface area contributed by atoms with E-state index >= 15 is 0 Å². The number of anilines is 1. The Morgan fingerprint density at radius 1 is 1.27 bits per heavy atom. The average molecular weight is 479 g/mol. The molecule has 2 aromatic carbocycles. The molecule has 0 radical (unpaired) electrons. The Labute approximate surface area is 170 Å². The van der Waals surface area contributed by atoms with Crippen molar-refractivity contribution in [3.63, 3.8) is 0 Å². The Balaban J connectivity index is 2.14. The lowest BCUT2D eigenvalue weighted by Crippen LogP contribution is -2.39. The van der Waals surface area contributed by atoms with Crippen LogP contribution < -0.4 is 9.73 Å². The maximum atomic E-state index is 12.1. The fourth-order valence-corrected chi connectivity index (χ4v) is 3.70. The van der Waals surface area contributed by atoms with Crippen molar-refractivity contribution in [2.24, 2.45) is 5.10 Å². The Morgan fingerprint density at radius 3 is 2.65 bits per heavy atom. The molecule has 0 unspecified atom stereocenters. The molecule has 10 heteroatoms. The summed E-state index contributed by atoms with van der Waals surface area (Å²) in [6, 6.07) is 11.6. The van der Waals surface area contributed by atoms with Crippen LogP contribution in [0.3, 0.4) is 0 Å². The summed E-state index contributed by atoms with van der Waals surface area (Å²) in [5.41, 5.74) is 3.17. The number of carbonyl (C=O) groups excluding carboxylic acids is 1. The Morgan fingerprint density at radius 2 is 2.00 bits per heavy atom. The standard InChI is InChI=1S/C16H14BrCl2N3O3S/c1-26(24,25)22(15-8-13(18)5-6-14(15)19)10-16(23)21-20-9-11-3-2-4-12(17)7-11/h2-9H,10H2,1H3,(H,21,23)/b20-9-. The molecule has 0 aromatic heterocycles. The third-order valence-electron chi connectivity index (χ3n) is 3.12. The smallest absolute Gasteiger partial charge is 0.260 e. The van der Waals surface area contributed by atoms with Gasteiger partial charge >= 0.3 is 0 Å². The van der Waals surface area contributed by atoms with Gasteiger partial charge in [0.2, 0.25) is 10.0 Å². The van der Waals surface area contributed by atoms with Gasteiger partial charge in [-0.25, -0.2) is 13.8 Å². The summed E-state index contributed by atoms with van der Waals surface area (Å²) in [5.74, 6) is -0.627. The molecule has 0 heterocycles. The number of amides is 1. The van der Waals surface area contributed by atoms with Gasteiger partial charge in [0.15, 0.2) is 0 Å². The predicted octanol–water partition coefficient (Wildman–Crippen LogP) is 3.67. The van der Waals surface area contributed by atoms with Crippen LogP contribution in [0.1, 0.15) is 5.56 Å². The summed E-state index contributed by atoms with van der Waals surface area (Å²) in [7, 11) is -3.76. The number of rotatable bonds is 6. The van der Waals surface area contributed by atoms with Gasteiger partial charge in [-0.3, -0.25) is 9.10 Å². The van der Waals surface area contributed by atoms with Crippen molar-refractivity contribution < 1.29 is 13.2 Å². The minimum atomic E-state index is -3.76. The fourth-order valence-electron chi connectivity index (χ4n) is 1.99. The number of carbonyl (C=O) groups is 1. The van der Waals surface area contributed by atoms with Crippen LogP contribution in [0.15, 0.2) is 52.0 Å². The molecule has 138 valence electrons. The van der Waals surface area contributed by atoms with E-state index in [4.69, 9.17) is 23.2 Å². The molecule has 0 saturated carbocycles. The van der Waals surface area contributed by atoms with Crippen LogP contribution in [-0.4, -0.2) is 33.3 Å². The zero-order valence-electron chi connectivity index (χ0n) is 13.5. The largest absolute Gasteiger partial charge is 0.271 e. The predicted molar refractivity (Wildman–Crippen MR) is 109 cm³/mol. The number of hydrazone groups is 1. The van der Waals surface area contributed by atoms with Crippen molar-refractivity contribution in [1.82, 2.24) is 5.43 Å². The van der Waals surface area contributed by atoms with E-state index in [1.165, 1.54) is 24.4 Å². The SMILES string of the molecule is CS(=O)(=O)N(CC(=O)N/N=C\c1cccc(Br)c1)c1cc(Cl)ccc1Cl. The summed E-state index contributed by atoms with van der Waals surface area (Å²) < 4.78 is 25.9. The highest BCUT2D eigenvalue weighted by atomic mass is 79.9. The van der Waals surface area contributed by atoms with Crippen molar-refractivity contribution >= 4 is 67.0 Å². The van der Waals surface area contributed by atoms with Crippen LogP contribution in [0.4, 0.5) is 5.69 Å². The first-order valence-electron chi connectivity index (χ1n) is 7.17. The van der Waals surface area contributed by atoms with Crippen LogP contribution in [0.25, 0.3) is 0 Å². The van der Waals surface area contributed by atoms with Gasteiger partial charge in [0.05, 0.1) is 23.2 Å². The van der Waals surface area contributed by atoms with E-state index in [0.717, 1.165) is 20.6 Å². The molecule has 0 saturated heterocycles. The fraction of sp³-hybridized carbons (Fsp3) is 0.125. The van der Waals surface area contributed by atoms with Gasteiger partial charge in [-0.15, -0.1) is 0 Å². The van der Waals surface area contributed by atoms with Crippen LogP contribution in [0.2, 0.25) is 10.0 Å². The molecule has 0 aliphatic carbocycles. The van der Waals surface area contributed by atoms with E-state index in [-0.39, 0.29) is 10.7 Å². The molecule has 0 fully saturated rings. The molecular formula is C16H14BrCl2N3O3S. The van der Waals surface area contributed by atoms with Gasteiger partial charge < -0.3 is 0 Å². The highest BCUT2D eigenvalue weighted by Crippen LogP contribution is 2.30. The molecular weight excluding hydrogens is 465 g/mol. The topological polar surface area (TPSA) is 78.8 Å². The maximum absolute atomic E-state index is 12.1. The van der Waals surface area contributed by atoms with Crippen LogP contribution in [0, 0.1) is 0 Å². The van der Waals surface area contributed by atoms with Crippen LogP contribution in [0.5, 0.6) is 0 Å². The highest BCUT2D eigenvalue weighted by Gasteiger charge is 2.23. The summed E-state index contributed by atoms with van der Waals surface area (Å²) in [6.07, 6.45) is 2.42. The van der Waals surface area contributed by atoms with Crippen LogP contribution >= 0.6 is 39.1 Å². The monoisotopic (exact) mass is 477 g/mol. The molecule has 0 spiro atoms. The zero-order chi connectivity index (χ0) is 19.3. The molecule has 2 rings (SSSR count). The van der Waals surface area contributed by atoms with E-state index in [1.807, 2.05) is 18.2 Å².